The lowest BCUT2D eigenvalue weighted by Gasteiger charge is -2.38. The first-order valence-electron chi connectivity index (χ1n) is 15.3. The summed E-state index contributed by atoms with van der Waals surface area (Å²) >= 11 is 0. The van der Waals surface area contributed by atoms with Gasteiger partial charge in [-0.05, 0) is 30.5 Å². The van der Waals surface area contributed by atoms with Crippen molar-refractivity contribution in [2.45, 2.75) is 58.1 Å². The third-order valence-corrected chi connectivity index (χ3v) is 8.29. The summed E-state index contributed by atoms with van der Waals surface area (Å²) in [6.45, 7) is 4.61. The third kappa shape index (κ3) is 7.74. The van der Waals surface area contributed by atoms with Crippen molar-refractivity contribution < 1.29 is 38.0 Å². The largest absolute Gasteiger partial charge is 0.466 e. The molecule has 2 aliphatic rings. The number of benzene rings is 3. The summed E-state index contributed by atoms with van der Waals surface area (Å²) in [5.74, 6) is -2.08. The summed E-state index contributed by atoms with van der Waals surface area (Å²) in [4.78, 5) is 26.8. The topological polar surface area (TPSA) is 102 Å². The molecule has 5 rings (SSSR count). The van der Waals surface area contributed by atoms with Crippen molar-refractivity contribution in [2.75, 3.05) is 20.8 Å². The second-order valence-corrected chi connectivity index (χ2v) is 11.3. The number of esters is 2. The maximum absolute atomic E-state index is 13.4. The molecule has 0 aromatic heterocycles. The van der Waals surface area contributed by atoms with Gasteiger partial charge in [-0.1, -0.05) is 91.0 Å². The van der Waals surface area contributed by atoms with Crippen LogP contribution in [0.15, 0.2) is 114 Å². The van der Waals surface area contributed by atoms with Crippen LogP contribution in [0.2, 0.25) is 0 Å². The van der Waals surface area contributed by atoms with Crippen LogP contribution < -0.4 is 5.32 Å². The zero-order valence-electron chi connectivity index (χ0n) is 26.6. The first-order chi connectivity index (χ1) is 22.4. The van der Waals surface area contributed by atoms with Crippen LogP contribution in [0.4, 0.5) is 0 Å². The number of rotatable bonds is 13. The Bertz CT molecular complexity index is 1480. The Labute approximate surface area is 270 Å². The number of nitrogens with one attached hydrogen (secondary N) is 1. The van der Waals surface area contributed by atoms with Crippen molar-refractivity contribution in [3.05, 3.63) is 130 Å². The van der Waals surface area contributed by atoms with Gasteiger partial charge in [-0.25, -0.2) is 9.59 Å². The van der Waals surface area contributed by atoms with Gasteiger partial charge in [0.25, 0.3) is 0 Å². The van der Waals surface area contributed by atoms with Crippen LogP contribution >= 0.6 is 0 Å². The molecule has 0 saturated carbocycles. The van der Waals surface area contributed by atoms with Crippen LogP contribution in [0.1, 0.15) is 30.5 Å². The molecule has 2 aliphatic heterocycles. The molecule has 0 amide bonds. The minimum absolute atomic E-state index is 0.192. The number of carbonyl (C=O) groups is 2. The van der Waals surface area contributed by atoms with Crippen molar-refractivity contribution >= 4 is 11.9 Å². The highest BCUT2D eigenvalue weighted by Crippen LogP contribution is 2.40. The predicted molar refractivity (Wildman–Crippen MR) is 171 cm³/mol. The van der Waals surface area contributed by atoms with Crippen molar-refractivity contribution in [1.82, 2.24) is 5.32 Å². The van der Waals surface area contributed by atoms with Crippen molar-refractivity contribution in [3.8, 4) is 0 Å². The van der Waals surface area contributed by atoms with E-state index in [2.05, 4.69) is 5.32 Å². The molecule has 0 spiro atoms. The second-order valence-electron chi connectivity index (χ2n) is 11.3. The lowest BCUT2D eigenvalue weighted by atomic mass is 9.78. The molecule has 1 saturated heterocycles. The minimum atomic E-state index is -0.898. The summed E-state index contributed by atoms with van der Waals surface area (Å²) in [6, 6.07) is 29.4. The Balaban J connectivity index is 1.56. The molecule has 3 aromatic rings. The third-order valence-electron chi connectivity index (χ3n) is 8.29. The highest BCUT2D eigenvalue weighted by atomic mass is 16.6. The molecule has 2 heterocycles. The number of carbonyl (C=O) groups excluding carboxylic acids is 2. The molecular weight excluding hydrogens is 586 g/mol. The van der Waals surface area contributed by atoms with E-state index in [9.17, 15) is 9.59 Å². The summed E-state index contributed by atoms with van der Waals surface area (Å²) in [5.41, 5.74) is 4.52. The Kier molecular flexibility index (Phi) is 11.4. The van der Waals surface area contributed by atoms with Crippen molar-refractivity contribution in [2.24, 2.45) is 5.92 Å². The molecule has 3 aromatic carbocycles. The van der Waals surface area contributed by atoms with Crippen LogP contribution in [0, 0.1) is 5.92 Å². The van der Waals surface area contributed by atoms with Crippen LogP contribution in [0.25, 0.3) is 0 Å². The Morgan fingerprint density at radius 2 is 1.17 bits per heavy atom. The molecule has 1 fully saturated rings. The molecular formula is C37H41NO8. The average Bonchev–Trinajstić information content (AvgIpc) is 3.49. The van der Waals surface area contributed by atoms with Crippen LogP contribution in [0.5, 0.6) is 0 Å². The summed E-state index contributed by atoms with van der Waals surface area (Å²) in [5, 5.41) is 3.17. The highest BCUT2D eigenvalue weighted by molar-refractivity contribution is 5.98. The Morgan fingerprint density at radius 1 is 0.717 bits per heavy atom. The van der Waals surface area contributed by atoms with Gasteiger partial charge in [0.15, 0.2) is 0 Å². The zero-order valence-corrected chi connectivity index (χ0v) is 26.6. The van der Waals surface area contributed by atoms with Gasteiger partial charge in [0, 0.05) is 11.4 Å². The summed E-state index contributed by atoms with van der Waals surface area (Å²) in [6.07, 6.45) is -2.69. The van der Waals surface area contributed by atoms with E-state index in [1.807, 2.05) is 91.0 Å². The minimum Gasteiger partial charge on any atom is -0.466 e. The highest BCUT2D eigenvalue weighted by Gasteiger charge is 2.51. The quantitative estimate of drug-likeness (QED) is 0.255. The van der Waals surface area contributed by atoms with Crippen LogP contribution in [0.3, 0.4) is 0 Å². The Hall–Kier alpha value is -4.28. The van der Waals surface area contributed by atoms with E-state index < -0.39 is 42.3 Å². The maximum atomic E-state index is 13.4. The molecule has 0 aliphatic carbocycles. The predicted octanol–water partition coefficient (Wildman–Crippen LogP) is 5.25. The van der Waals surface area contributed by atoms with E-state index in [1.165, 1.54) is 14.2 Å². The van der Waals surface area contributed by atoms with Gasteiger partial charge in [0.2, 0.25) is 0 Å². The SMILES string of the molecule is COC(=O)C1=C(C)NC(C)=C(C(=O)OC)C1[C@H](OCc1ccccc1)[C@H]1OC[C@@H](OCc2ccccc2)[C@@H]1OCc1ccccc1. The molecule has 0 radical (unpaired) electrons. The van der Waals surface area contributed by atoms with Crippen LogP contribution in [-0.4, -0.2) is 57.2 Å². The lowest BCUT2D eigenvalue weighted by Crippen LogP contribution is -2.50. The van der Waals surface area contributed by atoms with Crippen LogP contribution in [-0.2, 0) is 57.8 Å². The van der Waals surface area contributed by atoms with Crippen molar-refractivity contribution in [3.63, 3.8) is 0 Å². The maximum Gasteiger partial charge on any atom is 0.336 e. The van der Waals surface area contributed by atoms with Gasteiger partial charge in [-0.2, -0.15) is 0 Å². The smallest absolute Gasteiger partial charge is 0.336 e. The number of hydrogen-bond donors (Lipinski definition) is 1. The van der Waals surface area contributed by atoms with Gasteiger partial charge in [-0.3, -0.25) is 0 Å². The van der Waals surface area contributed by atoms with E-state index in [1.54, 1.807) is 13.8 Å². The Morgan fingerprint density at radius 3 is 1.65 bits per heavy atom. The van der Waals surface area contributed by atoms with Crippen molar-refractivity contribution in [1.29, 1.82) is 0 Å². The van der Waals surface area contributed by atoms with Gasteiger partial charge in [-0.15, -0.1) is 0 Å². The van der Waals surface area contributed by atoms with E-state index in [4.69, 9.17) is 28.4 Å². The number of hydrogen-bond acceptors (Lipinski definition) is 9. The molecule has 46 heavy (non-hydrogen) atoms. The number of dihydropyridines is 1. The molecule has 4 atom stereocenters. The standard InChI is InChI=1S/C37H41NO8/c1-24-30(36(39)41-3)32(31(25(2)38-24)37(40)42-4)34(45-22-28-18-12-7-13-19-28)35-33(44-21-27-16-10-6-11-17-27)29(23-46-35)43-20-26-14-8-5-9-15-26/h5-19,29,32-35,38H,20-23H2,1-4H3/t29-,33+,34+,35+/m1/s1. The van der Waals surface area contributed by atoms with E-state index in [0.717, 1.165) is 16.7 Å². The summed E-state index contributed by atoms with van der Waals surface area (Å²) < 4.78 is 36.7. The molecule has 242 valence electrons. The monoisotopic (exact) mass is 627 g/mol. The van der Waals surface area contributed by atoms with E-state index in [0.29, 0.717) is 24.6 Å². The fraction of sp³-hybridized carbons (Fsp3) is 0.351. The number of ether oxygens (including phenoxy) is 6. The molecule has 1 N–H and O–H groups in total. The number of allylic oxidation sites excluding steroid dienone is 2. The molecule has 0 unspecified atom stereocenters. The molecule has 0 bridgehead atoms. The first kappa shape index (κ1) is 33.1. The molecule has 9 nitrogen and oxygen atoms in total. The van der Waals surface area contributed by atoms with Gasteiger partial charge < -0.3 is 33.7 Å². The van der Waals surface area contributed by atoms with Gasteiger partial charge in [0.05, 0.1) is 63.8 Å². The van der Waals surface area contributed by atoms with E-state index in [-0.39, 0.29) is 24.4 Å². The average molecular weight is 628 g/mol. The van der Waals surface area contributed by atoms with Gasteiger partial charge >= 0.3 is 11.9 Å². The number of methoxy groups -OCH3 is 2. The van der Waals surface area contributed by atoms with E-state index >= 15 is 0 Å². The lowest BCUT2D eigenvalue weighted by molar-refractivity contribution is -0.146. The fourth-order valence-corrected chi connectivity index (χ4v) is 6.06. The fourth-order valence-electron chi connectivity index (χ4n) is 6.06. The second kappa shape index (κ2) is 15.8. The summed E-state index contributed by atoms with van der Waals surface area (Å²) in [7, 11) is 2.63. The zero-order chi connectivity index (χ0) is 32.5. The first-order valence-corrected chi connectivity index (χ1v) is 15.3. The normalized spacial score (nSPS) is 20.7. The van der Waals surface area contributed by atoms with Gasteiger partial charge in [0.1, 0.15) is 18.3 Å². The molecule has 9 heteroatoms.